The van der Waals surface area contributed by atoms with Gasteiger partial charge in [0.05, 0.1) is 18.7 Å². The van der Waals surface area contributed by atoms with Gasteiger partial charge >= 0.3 is 5.97 Å². The fourth-order valence-electron chi connectivity index (χ4n) is 3.87. The zero-order valence-corrected chi connectivity index (χ0v) is 17.2. The molecule has 2 aromatic carbocycles. The van der Waals surface area contributed by atoms with E-state index in [4.69, 9.17) is 4.74 Å². The molecule has 0 bridgehead atoms. The molecule has 2 aromatic rings. The van der Waals surface area contributed by atoms with E-state index in [2.05, 4.69) is 0 Å². The highest BCUT2D eigenvalue weighted by atomic mass is 19.1. The smallest absolute Gasteiger partial charge is 0.336 e. The molecule has 1 amide bonds. The van der Waals surface area contributed by atoms with Crippen LogP contribution in [-0.4, -0.2) is 23.4 Å². The second-order valence-electron chi connectivity index (χ2n) is 7.25. The maximum atomic E-state index is 13.9. The minimum atomic E-state index is -0.586. The van der Waals surface area contributed by atoms with Gasteiger partial charge < -0.3 is 9.64 Å². The van der Waals surface area contributed by atoms with E-state index in [-0.39, 0.29) is 31.3 Å². The Morgan fingerprint density at radius 2 is 1.80 bits per heavy atom. The lowest BCUT2D eigenvalue weighted by Gasteiger charge is -2.36. The van der Waals surface area contributed by atoms with E-state index in [1.807, 2.05) is 6.92 Å². The monoisotopic (exact) mass is 413 g/mol. The summed E-state index contributed by atoms with van der Waals surface area (Å²) in [7, 11) is 0. The van der Waals surface area contributed by atoms with Crippen molar-refractivity contribution in [3.63, 3.8) is 0 Å². The van der Waals surface area contributed by atoms with E-state index in [0.717, 1.165) is 0 Å². The quantitative estimate of drug-likeness (QED) is 0.594. The second-order valence-corrected chi connectivity index (χ2v) is 7.25. The van der Waals surface area contributed by atoms with Gasteiger partial charge in [-0.25, -0.2) is 13.6 Å². The standard InChI is InChI=1S/C24H25F2NO3/c1-3-7-21-23(24(29)30-4-2)20(17-9-6-11-19(26)13-17)14-22(28)27(21)15-16-8-5-10-18(25)12-16/h5-6,8-13,20H,3-4,7,14-15H2,1-2H3. The number of carbonyl (C=O) groups excluding carboxylic acids is 2. The number of hydrogen-bond acceptors (Lipinski definition) is 3. The van der Waals surface area contributed by atoms with Crippen LogP contribution in [0.4, 0.5) is 8.78 Å². The molecule has 1 atom stereocenters. The first-order valence-electron chi connectivity index (χ1n) is 10.1. The van der Waals surface area contributed by atoms with Crippen LogP contribution in [-0.2, 0) is 20.9 Å². The molecular formula is C24H25F2NO3. The highest BCUT2D eigenvalue weighted by Crippen LogP contribution is 2.39. The summed E-state index contributed by atoms with van der Waals surface area (Å²) in [5.41, 5.74) is 2.13. The van der Waals surface area contributed by atoms with Gasteiger partial charge in [-0.05, 0) is 48.7 Å². The molecule has 0 fully saturated rings. The molecule has 1 aliphatic heterocycles. The molecule has 0 spiro atoms. The van der Waals surface area contributed by atoms with Gasteiger partial charge in [-0.15, -0.1) is 0 Å². The molecule has 0 saturated heterocycles. The number of ether oxygens (including phenoxy) is 1. The average molecular weight is 413 g/mol. The van der Waals surface area contributed by atoms with Crippen LogP contribution in [0.5, 0.6) is 0 Å². The van der Waals surface area contributed by atoms with Gasteiger partial charge in [-0.1, -0.05) is 37.6 Å². The van der Waals surface area contributed by atoms with Crippen molar-refractivity contribution >= 4 is 11.9 Å². The third-order valence-corrected chi connectivity index (χ3v) is 5.13. The minimum Gasteiger partial charge on any atom is -0.463 e. The molecular weight excluding hydrogens is 388 g/mol. The highest BCUT2D eigenvalue weighted by molar-refractivity contribution is 5.96. The van der Waals surface area contributed by atoms with Crippen LogP contribution in [0.1, 0.15) is 50.2 Å². The number of hydrogen-bond donors (Lipinski definition) is 0. The molecule has 0 aromatic heterocycles. The number of nitrogens with zero attached hydrogens (tertiary/aromatic N) is 1. The average Bonchev–Trinajstić information content (AvgIpc) is 2.70. The zero-order valence-electron chi connectivity index (χ0n) is 17.2. The van der Waals surface area contributed by atoms with Crippen molar-refractivity contribution in [2.45, 2.75) is 45.6 Å². The lowest BCUT2D eigenvalue weighted by molar-refractivity contribution is -0.140. The van der Waals surface area contributed by atoms with Crippen LogP contribution >= 0.6 is 0 Å². The van der Waals surface area contributed by atoms with Crippen LogP contribution in [0.25, 0.3) is 0 Å². The van der Waals surface area contributed by atoms with Gasteiger partial charge in [0.2, 0.25) is 5.91 Å². The molecule has 4 nitrogen and oxygen atoms in total. The fourth-order valence-corrected chi connectivity index (χ4v) is 3.87. The Hall–Kier alpha value is -3.02. The van der Waals surface area contributed by atoms with Gasteiger partial charge in [-0.2, -0.15) is 0 Å². The molecule has 3 rings (SSSR count). The maximum Gasteiger partial charge on any atom is 0.336 e. The molecule has 30 heavy (non-hydrogen) atoms. The van der Waals surface area contributed by atoms with Crippen molar-refractivity contribution in [1.82, 2.24) is 4.90 Å². The number of amides is 1. The van der Waals surface area contributed by atoms with Crippen molar-refractivity contribution in [2.75, 3.05) is 6.61 Å². The first kappa shape index (κ1) is 21.7. The Balaban J connectivity index is 2.11. The molecule has 0 aliphatic carbocycles. The van der Waals surface area contributed by atoms with E-state index in [1.54, 1.807) is 36.1 Å². The predicted molar refractivity (Wildman–Crippen MR) is 109 cm³/mol. The van der Waals surface area contributed by atoms with Crippen molar-refractivity contribution in [1.29, 1.82) is 0 Å². The summed E-state index contributed by atoms with van der Waals surface area (Å²) in [5, 5.41) is 0. The lowest BCUT2D eigenvalue weighted by atomic mass is 9.82. The summed E-state index contributed by atoms with van der Waals surface area (Å²) in [6.07, 6.45) is 1.18. The Bertz CT molecular complexity index is 970. The molecule has 0 saturated carbocycles. The van der Waals surface area contributed by atoms with E-state index in [9.17, 15) is 18.4 Å². The van der Waals surface area contributed by atoms with E-state index in [1.165, 1.54) is 24.3 Å². The number of rotatable bonds is 7. The molecule has 1 heterocycles. The fraction of sp³-hybridized carbons (Fsp3) is 0.333. The van der Waals surface area contributed by atoms with Crippen LogP contribution in [0.2, 0.25) is 0 Å². The van der Waals surface area contributed by atoms with Crippen LogP contribution in [0, 0.1) is 11.6 Å². The summed E-state index contributed by atoms with van der Waals surface area (Å²) < 4.78 is 32.8. The number of carbonyl (C=O) groups is 2. The Morgan fingerprint density at radius 1 is 1.10 bits per heavy atom. The van der Waals surface area contributed by atoms with Gasteiger partial charge in [0, 0.05) is 18.0 Å². The minimum absolute atomic E-state index is 0.0140. The van der Waals surface area contributed by atoms with Gasteiger partial charge in [0.25, 0.3) is 0 Å². The number of benzene rings is 2. The summed E-state index contributed by atoms with van der Waals surface area (Å²) >= 11 is 0. The number of allylic oxidation sites excluding steroid dienone is 1. The lowest BCUT2D eigenvalue weighted by Crippen LogP contribution is -2.39. The summed E-state index contributed by atoms with van der Waals surface area (Å²) in [6.45, 7) is 4.01. The third kappa shape index (κ3) is 4.75. The van der Waals surface area contributed by atoms with Crippen molar-refractivity contribution in [2.24, 2.45) is 0 Å². The summed E-state index contributed by atoms with van der Waals surface area (Å²) in [6, 6.07) is 12.0. The maximum absolute atomic E-state index is 13.9. The first-order chi connectivity index (χ1) is 14.4. The Kier molecular flexibility index (Phi) is 6.98. The van der Waals surface area contributed by atoms with E-state index in [0.29, 0.717) is 35.2 Å². The second kappa shape index (κ2) is 9.65. The van der Waals surface area contributed by atoms with Crippen LogP contribution < -0.4 is 0 Å². The topological polar surface area (TPSA) is 46.6 Å². The Labute approximate surface area is 175 Å². The van der Waals surface area contributed by atoms with Gasteiger partial charge in [-0.3, -0.25) is 4.79 Å². The van der Waals surface area contributed by atoms with Crippen molar-refractivity contribution in [3.8, 4) is 0 Å². The Morgan fingerprint density at radius 3 is 2.43 bits per heavy atom. The normalized spacial score (nSPS) is 16.7. The summed E-state index contributed by atoms with van der Waals surface area (Å²) in [5.74, 6) is -2.10. The predicted octanol–water partition coefficient (Wildman–Crippen LogP) is 5.10. The van der Waals surface area contributed by atoms with Crippen molar-refractivity contribution < 1.29 is 23.1 Å². The molecule has 6 heteroatoms. The van der Waals surface area contributed by atoms with E-state index >= 15 is 0 Å². The molecule has 0 N–H and O–H groups in total. The van der Waals surface area contributed by atoms with Crippen LogP contribution in [0.3, 0.4) is 0 Å². The SMILES string of the molecule is CCCC1=C(C(=O)OCC)C(c2cccc(F)c2)CC(=O)N1Cc1cccc(F)c1. The molecule has 0 radical (unpaired) electrons. The van der Waals surface area contributed by atoms with Gasteiger partial charge in [0.1, 0.15) is 11.6 Å². The summed E-state index contributed by atoms with van der Waals surface area (Å²) in [4.78, 5) is 27.6. The van der Waals surface area contributed by atoms with E-state index < -0.39 is 17.7 Å². The zero-order chi connectivity index (χ0) is 21.7. The highest BCUT2D eigenvalue weighted by Gasteiger charge is 2.38. The molecule has 1 unspecified atom stereocenters. The first-order valence-corrected chi connectivity index (χ1v) is 10.1. The third-order valence-electron chi connectivity index (χ3n) is 5.13. The van der Waals surface area contributed by atoms with Crippen LogP contribution in [0.15, 0.2) is 59.8 Å². The van der Waals surface area contributed by atoms with Gasteiger partial charge in [0.15, 0.2) is 0 Å². The van der Waals surface area contributed by atoms with Crippen molar-refractivity contribution in [3.05, 3.63) is 82.6 Å². The molecule has 1 aliphatic rings. The number of halogens is 2. The largest absolute Gasteiger partial charge is 0.463 e. The number of esters is 1. The molecule has 158 valence electrons.